The first-order valence-corrected chi connectivity index (χ1v) is 8.60. The van der Waals surface area contributed by atoms with E-state index in [1.165, 1.54) is 12.1 Å². The van der Waals surface area contributed by atoms with Crippen LogP contribution in [0.3, 0.4) is 0 Å². The normalized spacial score (nSPS) is 10.2. The molecule has 0 fully saturated rings. The van der Waals surface area contributed by atoms with Crippen molar-refractivity contribution in [3.8, 4) is 17.2 Å². The van der Waals surface area contributed by atoms with Crippen LogP contribution >= 0.6 is 0 Å². The third-order valence-corrected chi connectivity index (χ3v) is 4.10. The highest BCUT2D eigenvalue weighted by Gasteiger charge is 2.13. The standard InChI is InChI=1S/C22H20FNO4/c1-26-17-6-5-7-18(13-17)28-14-16-12-15(10-11-21(16)27-2)22(25)24-20-9-4-3-8-19(20)23/h3-13H,14H2,1-2H3,(H,24,25). The molecule has 28 heavy (non-hydrogen) atoms. The van der Waals surface area contributed by atoms with Crippen molar-refractivity contribution < 1.29 is 23.4 Å². The summed E-state index contributed by atoms with van der Waals surface area (Å²) >= 11 is 0. The number of carbonyl (C=O) groups is 1. The molecular formula is C22H20FNO4. The first-order chi connectivity index (χ1) is 13.6. The molecule has 0 aliphatic rings. The predicted octanol–water partition coefficient (Wildman–Crippen LogP) is 4.67. The zero-order chi connectivity index (χ0) is 19.9. The Bertz CT molecular complexity index is 974. The van der Waals surface area contributed by atoms with Gasteiger partial charge in [-0.25, -0.2) is 4.39 Å². The van der Waals surface area contributed by atoms with E-state index in [1.807, 2.05) is 18.2 Å². The van der Waals surface area contributed by atoms with Gasteiger partial charge in [0.25, 0.3) is 5.91 Å². The second-order valence-electron chi connectivity index (χ2n) is 5.93. The molecule has 0 spiro atoms. The van der Waals surface area contributed by atoms with Crippen molar-refractivity contribution in [2.75, 3.05) is 19.5 Å². The minimum atomic E-state index is -0.494. The minimum absolute atomic E-state index is 0.123. The van der Waals surface area contributed by atoms with Gasteiger partial charge in [-0.3, -0.25) is 4.79 Å². The zero-order valence-corrected chi connectivity index (χ0v) is 15.6. The van der Waals surface area contributed by atoms with Crippen molar-refractivity contribution in [3.05, 3.63) is 83.7 Å². The molecule has 0 aliphatic heterocycles. The van der Waals surface area contributed by atoms with Crippen LogP contribution in [0.4, 0.5) is 10.1 Å². The molecule has 144 valence electrons. The first-order valence-electron chi connectivity index (χ1n) is 8.60. The Kier molecular flexibility index (Phi) is 6.11. The summed E-state index contributed by atoms with van der Waals surface area (Å²) in [5, 5.41) is 2.57. The van der Waals surface area contributed by atoms with E-state index in [0.29, 0.717) is 28.4 Å². The first kappa shape index (κ1) is 19.2. The smallest absolute Gasteiger partial charge is 0.255 e. The van der Waals surface area contributed by atoms with Crippen LogP contribution in [-0.2, 0) is 6.61 Å². The Morgan fingerprint density at radius 3 is 2.46 bits per heavy atom. The van der Waals surface area contributed by atoms with Crippen LogP contribution in [0.1, 0.15) is 15.9 Å². The molecule has 0 aliphatic carbocycles. The van der Waals surface area contributed by atoms with Gasteiger partial charge in [-0.05, 0) is 42.5 Å². The minimum Gasteiger partial charge on any atom is -0.497 e. The lowest BCUT2D eigenvalue weighted by Crippen LogP contribution is -2.13. The van der Waals surface area contributed by atoms with Gasteiger partial charge in [0.2, 0.25) is 0 Å². The molecular weight excluding hydrogens is 361 g/mol. The molecule has 0 heterocycles. The number of hydrogen-bond acceptors (Lipinski definition) is 4. The molecule has 0 aromatic heterocycles. The van der Waals surface area contributed by atoms with E-state index in [0.717, 1.165) is 0 Å². The Morgan fingerprint density at radius 2 is 1.71 bits per heavy atom. The highest BCUT2D eigenvalue weighted by atomic mass is 19.1. The summed E-state index contributed by atoms with van der Waals surface area (Å²) in [5.74, 6) is 0.983. The molecule has 0 unspecified atom stereocenters. The topological polar surface area (TPSA) is 56.8 Å². The number of rotatable bonds is 7. The maximum Gasteiger partial charge on any atom is 0.255 e. The van der Waals surface area contributed by atoms with E-state index in [9.17, 15) is 9.18 Å². The number of benzene rings is 3. The van der Waals surface area contributed by atoms with E-state index < -0.39 is 11.7 Å². The lowest BCUT2D eigenvalue weighted by atomic mass is 10.1. The van der Waals surface area contributed by atoms with Crippen molar-refractivity contribution in [2.24, 2.45) is 0 Å². The van der Waals surface area contributed by atoms with Crippen LogP contribution < -0.4 is 19.5 Å². The maximum absolute atomic E-state index is 13.8. The van der Waals surface area contributed by atoms with Crippen molar-refractivity contribution in [1.29, 1.82) is 0 Å². The molecule has 6 heteroatoms. The summed E-state index contributed by atoms with van der Waals surface area (Å²) in [7, 11) is 3.13. The number of para-hydroxylation sites is 1. The van der Waals surface area contributed by atoms with Crippen LogP contribution in [0.25, 0.3) is 0 Å². The molecule has 0 atom stereocenters. The highest BCUT2D eigenvalue weighted by Crippen LogP contribution is 2.25. The molecule has 5 nitrogen and oxygen atoms in total. The molecule has 3 rings (SSSR count). The third kappa shape index (κ3) is 4.59. The Morgan fingerprint density at radius 1 is 0.929 bits per heavy atom. The molecule has 3 aromatic rings. The van der Waals surface area contributed by atoms with Crippen LogP contribution in [0.5, 0.6) is 17.2 Å². The fraction of sp³-hybridized carbons (Fsp3) is 0.136. The van der Waals surface area contributed by atoms with Crippen molar-refractivity contribution in [3.63, 3.8) is 0 Å². The number of methoxy groups -OCH3 is 2. The van der Waals surface area contributed by atoms with E-state index in [4.69, 9.17) is 14.2 Å². The van der Waals surface area contributed by atoms with Crippen LogP contribution in [-0.4, -0.2) is 20.1 Å². The van der Waals surface area contributed by atoms with Gasteiger partial charge in [-0.2, -0.15) is 0 Å². The number of carbonyl (C=O) groups excluding carboxylic acids is 1. The average molecular weight is 381 g/mol. The molecule has 1 N–H and O–H groups in total. The SMILES string of the molecule is COc1cccc(OCc2cc(C(=O)Nc3ccccc3F)ccc2OC)c1. The summed E-state index contributed by atoms with van der Waals surface area (Å²) in [6, 6.07) is 18.2. The lowest BCUT2D eigenvalue weighted by Gasteiger charge is -2.13. The number of anilines is 1. The largest absolute Gasteiger partial charge is 0.497 e. The highest BCUT2D eigenvalue weighted by molar-refractivity contribution is 6.04. The summed E-state index contributed by atoms with van der Waals surface area (Å²) in [4.78, 5) is 12.5. The Hall–Kier alpha value is -3.54. The fourth-order valence-electron chi connectivity index (χ4n) is 2.64. The van der Waals surface area contributed by atoms with Gasteiger partial charge in [-0.15, -0.1) is 0 Å². The third-order valence-electron chi connectivity index (χ3n) is 4.10. The maximum atomic E-state index is 13.8. The van der Waals surface area contributed by atoms with E-state index in [-0.39, 0.29) is 12.3 Å². The number of amides is 1. The predicted molar refractivity (Wildman–Crippen MR) is 105 cm³/mol. The molecule has 0 saturated carbocycles. The summed E-state index contributed by atoms with van der Waals surface area (Å²) in [6.45, 7) is 0.192. The van der Waals surface area contributed by atoms with Crippen LogP contribution in [0, 0.1) is 5.82 Å². The second kappa shape index (κ2) is 8.90. The Balaban J connectivity index is 1.77. The molecule has 0 radical (unpaired) electrons. The summed E-state index contributed by atoms with van der Waals surface area (Å²) in [5.41, 5.74) is 1.18. The van der Waals surface area contributed by atoms with Gasteiger partial charge in [0.15, 0.2) is 0 Å². The summed E-state index contributed by atoms with van der Waals surface area (Å²) < 4.78 is 30.1. The summed E-state index contributed by atoms with van der Waals surface area (Å²) in [6.07, 6.45) is 0. The van der Waals surface area contributed by atoms with Crippen LogP contribution in [0.2, 0.25) is 0 Å². The Labute approximate surface area is 162 Å². The molecule has 1 amide bonds. The average Bonchev–Trinajstić information content (AvgIpc) is 2.73. The second-order valence-corrected chi connectivity index (χ2v) is 5.93. The quantitative estimate of drug-likeness (QED) is 0.646. The van der Waals surface area contributed by atoms with E-state index in [2.05, 4.69) is 5.32 Å². The van der Waals surface area contributed by atoms with Gasteiger partial charge in [0.1, 0.15) is 29.7 Å². The van der Waals surface area contributed by atoms with Gasteiger partial charge < -0.3 is 19.5 Å². The molecule has 0 bridgehead atoms. The van der Waals surface area contributed by atoms with E-state index in [1.54, 1.807) is 50.6 Å². The molecule has 0 saturated heterocycles. The van der Waals surface area contributed by atoms with Crippen molar-refractivity contribution >= 4 is 11.6 Å². The number of nitrogens with one attached hydrogen (secondary N) is 1. The van der Waals surface area contributed by atoms with E-state index >= 15 is 0 Å². The van der Waals surface area contributed by atoms with Gasteiger partial charge in [-0.1, -0.05) is 18.2 Å². The number of halogens is 1. The fourth-order valence-corrected chi connectivity index (χ4v) is 2.64. The monoisotopic (exact) mass is 381 g/mol. The zero-order valence-electron chi connectivity index (χ0n) is 15.6. The van der Waals surface area contributed by atoms with Gasteiger partial charge >= 0.3 is 0 Å². The van der Waals surface area contributed by atoms with Crippen molar-refractivity contribution in [1.82, 2.24) is 0 Å². The van der Waals surface area contributed by atoms with Crippen molar-refractivity contribution in [2.45, 2.75) is 6.61 Å². The van der Waals surface area contributed by atoms with Gasteiger partial charge in [0, 0.05) is 17.2 Å². The number of ether oxygens (including phenoxy) is 3. The molecule has 3 aromatic carbocycles. The van der Waals surface area contributed by atoms with Crippen LogP contribution in [0.15, 0.2) is 66.7 Å². The lowest BCUT2D eigenvalue weighted by molar-refractivity contribution is 0.102. The number of hydrogen-bond donors (Lipinski definition) is 1. The van der Waals surface area contributed by atoms with Gasteiger partial charge in [0.05, 0.1) is 19.9 Å².